The van der Waals surface area contributed by atoms with Crippen molar-refractivity contribution in [2.45, 2.75) is 32.4 Å². The number of carboxylic acid groups (broad SMARTS) is 1. The molecule has 1 aromatic heterocycles. The monoisotopic (exact) mass is 341 g/mol. The second kappa shape index (κ2) is 5.63. The predicted molar refractivity (Wildman–Crippen MR) is 80.8 cm³/mol. The first-order valence-corrected chi connectivity index (χ1v) is 9.39. The smallest absolute Gasteiger partial charge is 0.327 e. The summed E-state index contributed by atoms with van der Waals surface area (Å²) < 4.78 is 25.1. The predicted octanol–water partition coefficient (Wildman–Crippen LogP) is -0.211. The van der Waals surface area contributed by atoms with Gasteiger partial charge in [-0.2, -0.15) is 5.10 Å². The molecule has 2 unspecified atom stereocenters. The van der Waals surface area contributed by atoms with Gasteiger partial charge < -0.3 is 10.0 Å². The fourth-order valence-corrected chi connectivity index (χ4v) is 4.63. The highest BCUT2D eigenvalue weighted by atomic mass is 32.2. The molecule has 0 saturated carbocycles. The van der Waals surface area contributed by atoms with Crippen molar-refractivity contribution in [3.63, 3.8) is 0 Å². The minimum atomic E-state index is -3.43. The minimum Gasteiger partial charge on any atom is -0.480 e. The van der Waals surface area contributed by atoms with E-state index in [4.69, 9.17) is 0 Å². The molecular weight excluding hydrogens is 322 g/mol. The fourth-order valence-electron chi connectivity index (χ4n) is 3.18. The lowest BCUT2D eigenvalue weighted by atomic mass is 9.96. The number of nitrogens with zero attached hydrogens (tertiary/aromatic N) is 3. The van der Waals surface area contributed by atoms with Gasteiger partial charge in [-0.05, 0) is 18.8 Å². The first-order valence-electron chi connectivity index (χ1n) is 7.57. The number of rotatable bonds is 2. The Bertz CT molecular complexity index is 754. The normalized spacial score (nSPS) is 26.6. The van der Waals surface area contributed by atoms with E-state index >= 15 is 0 Å². The van der Waals surface area contributed by atoms with E-state index in [-0.39, 0.29) is 12.3 Å². The topological polar surface area (TPSA) is 110 Å². The number of fused-ring (bicyclic) bond motifs is 1. The van der Waals surface area contributed by atoms with Gasteiger partial charge in [0.15, 0.2) is 9.84 Å². The van der Waals surface area contributed by atoms with Crippen molar-refractivity contribution >= 4 is 21.7 Å². The number of carbonyl (C=O) groups is 2. The third kappa shape index (κ3) is 2.97. The summed E-state index contributed by atoms with van der Waals surface area (Å²) in [6, 6.07) is -1.34. The van der Waals surface area contributed by atoms with Crippen molar-refractivity contribution in [2.24, 2.45) is 5.92 Å². The van der Waals surface area contributed by atoms with Crippen LogP contribution in [0, 0.1) is 5.92 Å². The van der Waals surface area contributed by atoms with Crippen LogP contribution in [0.4, 0.5) is 0 Å². The van der Waals surface area contributed by atoms with Crippen LogP contribution in [0.2, 0.25) is 0 Å². The van der Waals surface area contributed by atoms with E-state index in [9.17, 15) is 23.1 Å². The minimum absolute atomic E-state index is 0.0989. The molecule has 0 bridgehead atoms. The van der Waals surface area contributed by atoms with Gasteiger partial charge >= 0.3 is 5.97 Å². The zero-order chi connectivity index (χ0) is 16.8. The van der Waals surface area contributed by atoms with Crippen LogP contribution >= 0.6 is 0 Å². The van der Waals surface area contributed by atoms with Gasteiger partial charge in [0.1, 0.15) is 6.04 Å². The molecule has 23 heavy (non-hydrogen) atoms. The highest BCUT2D eigenvalue weighted by Gasteiger charge is 2.40. The molecule has 3 rings (SSSR count). The van der Waals surface area contributed by atoms with Gasteiger partial charge in [-0.15, -0.1) is 0 Å². The summed E-state index contributed by atoms with van der Waals surface area (Å²) in [7, 11) is -3.43. The van der Waals surface area contributed by atoms with Gasteiger partial charge in [-0.3, -0.25) is 9.48 Å². The number of aromatic nitrogens is 2. The number of sulfone groups is 1. The Morgan fingerprint density at radius 2 is 2.09 bits per heavy atom. The molecule has 8 nitrogen and oxygen atoms in total. The summed E-state index contributed by atoms with van der Waals surface area (Å²) in [4.78, 5) is 25.3. The second-order valence-electron chi connectivity index (χ2n) is 6.29. The molecule has 2 atom stereocenters. The van der Waals surface area contributed by atoms with E-state index in [1.54, 1.807) is 4.68 Å². The Morgan fingerprint density at radius 3 is 2.78 bits per heavy atom. The van der Waals surface area contributed by atoms with Gasteiger partial charge in [0.05, 0.1) is 29.0 Å². The molecule has 2 aliphatic rings. The average molecular weight is 341 g/mol. The molecule has 9 heteroatoms. The molecule has 0 aliphatic carbocycles. The first kappa shape index (κ1) is 16.0. The van der Waals surface area contributed by atoms with Crippen molar-refractivity contribution in [2.75, 3.05) is 18.1 Å². The van der Waals surface area contributed by atoms with Crippen LogP contribution in [0.3, 0.4) is 0 Å². The molecule has 1 saturated heterocycles. The summed E-state index contributed by atoms with van der Waals surface area (Å²) in [5, 5.41) is 13.5. The average Bonchev–Trinajstić information content (AvgIpc) is 2.88. The fraction of sp³-hybridized carbons (Fsp3) is 0.643. The SMILES string of the molecule is CC1CCn2ncc(C(=O)N3CCS(=O)(=O)CC3C(=O)O)c2C1. The zero-order valence-corrected chi connectivity index (χ0v) is 13.6. The lowest BCUT2D eigenvalue weighted by Crippen LogP contribution is -2.54. The van der Waals surface area contributed by atoms with Crippen molar-refractivity contribution < 1.29 is 23.1 Å². The van der Waals surface area contributed by atoms with Crippen LogP contribution in [0.15, 0.2) is 6.20 Å². The number of aliphatic carboxylic acids is 1. The Labute approximate surface area is 134 Å². The summed E-state index contributed by atoms with van der Waals surface area (Å²) in [5.41, 5.74) is 1.20. The number of hydrogen-bond acceptors (Lipinski definition) is 5. The molecule has 1 aromatic rings. The van der Waals surface area contributed by atoms with E-state index in [0.717, 1.165) is 23.6 Å². The second-order valence-corrected chi connectivity index (χ2v) is 8.52. The lowest BCUT2D eigenvalue weighted by molar-refractivity contribution is -0.141. The van der Waals surface area contributed by atoms with Gasteiger partial charge in [0.2, 0.25) is 0 Å². The van der Waals surface area contributed by atoms with Gasteiger partial charge in [0, 0.05) is 13.1 Å². The van der Waals surface area contributed by atoms with Gasteiger partial charge in [-0.25, -0.2) is 13.2 Å². The summed E-state index contributed by atoms with van der Waals surface area (Å²) in [5.74, 6) is -2.04. The maximum Gasteiger partial charge on any atom is 0.327 e. The molecule has 2 aliphatic heterocycles. The zero-order valence-electron chi connectivity index (χ0n) is 12.8. The van der Waals surface area contributed by atoms with E-state index in [0.29, 0.717) is 17.9 Å². The summed E-state index contributed by atoms with van der Waals surface area (Å²) >= 11 is 0. The Kier molecular flexibility index (Phi) is 3.91. The highest BCUT2D eigenvalue weighted by molar-refractivity contribution is 7.91. The molecule has 1 amide bonds. The maximum atomic E-state index is 12.8. The number of carbonyl (C=O) groups excluding carboxylic acids is 1. The summed E-state index contributed by atoms with van der Waals surface area (Å²) in [6.07, 6.45) is 3.17. The highest BCUT2D eigenvalue weighted by Crippen LogP contribution is 2.25. The van der Waals surface area contributed by atoms with E-state index < -0.39 is 33.5 Å². The van der Waals surface area contributed by atoms with Crippen molar-refractivity contribution in [3.8, 4) is 0 Å². The Balaban J connectivity index is 1.91. The quantitative estimate of drug-likeness (QED) is 0.797. The van der Waals surface area contributed by atoms with E-state index in [1.807, 2.05) is 0 Å². The molecule has 1 fully saturated rings. The number of hydrogen-bond donors (Lipinski definition) is 1. The largest absolute Gasteiger partial charge is 0.480 e. The molecule has 126 valence electrons. The maximum absolute atomic E-state index is 12.8. The standard InChI is InChI=1S/C14H19N3O5S/c1-9-2-3-17-11(6-9)10(7-15-17)13(18)16-4-5-23(21,22)8-12(16)14(19)20/h7,9,12H,2-6,8H2,1H3,(H,19,20). The van der Waals surface area contributed by atoms with E-state index in [2.05, 4.69) is 12.0 Å². The molecule has 0 aromatic carbocycles. The third-order valence-corrected chi connectivity index (χ3v) is 6.16. The molecule has 1 N–H and O–H groups in total. The Morgan fingerprint density at radius 1 is 1.35 bits per heavy atom. The van der Waals surface area contributed by atoms with E-state index in [1.165, 1.54) is 6.20 Å². The van der Waals surface area contributed by atoms with Crippen LogP contribution in [0.25, 0.3) is 0 Å². The molecular formula is C14H19N3O5S. The van der Waals surface area contributed by atoms with Gasteiger partial charge in [0.25, 0.3) is 5.91 Å². The van der Waals surface area contributed by atoms with Crippen molar-refractivity contribution in [3.05, 3.63) is 17.5 Å². The molecule has 0 radical (unpaired) electrons. The molecule has 3 heterocycles. The van der Waals surface area contributed by atoms with Crippen molar-refractivity contribution in [1.29, 1.82) is 0 Å². The first-order chi connectivity index (χ1) is 10.8. The lowest BCUT2D eigenvalue weighted by Gasteiger charge is -2.33. The third-order valence-electron chi connectivity index (χ3n) is 4.53. The van der Waals surface area contributed by atoms with Crippen LogP contribution < -0.4 is 0 Å². The molecule has 0 spiro atoms. The summed E-state index contributed by atoms with van der Waals surface area (Å²) in [6.45, 7) is 2.73. The number of carboxylic acids is 1. The number of aryl methyl sites for hydroxylation is 1. The van der Waals surface area contributed by atoms with Crippen LogP contribution in [0.5, 0.6) is 0 Å². The van der Waals surface area contributed by atoms with Crippen molar-refractivity contribution in [1.82, 2.24) is 14.7 Å². The van der Waals surface area contributed by atoms with Crippen LogP contribution in [0.1, 0.15) is 29.4 Å². The van der Waals surface area contributed by atoms with Crippen LogP contribution in [-0.4, -0.2) is 64.2 Å². The van der Waals surface area contributed by atoms with Gasteiger partial charge in [-0.1, -0.05) is 6.92 Å². The van der Waals surface area contributed by atoms with Crippen LogP contribution in [-0.2, 0) is 27.6 Å². The Hall–Kier alpha value is -1.90. The number of amides is 1.